The zero-order valence-electron chi connectivity index (χ0n) is 18.4. The van der Waals surface area contributed by atoms with Crippen molar-refractivity contribution in [1.29, 1.82) is 0 Å². The Bertz CT molecular complexity index is 968. The quantitative estimate of drug-likeness (QED) is 0.640. The summed E-state index contributed by atoms with van der Waals surface area (Å²) in [7, 11) is 3.06. The van der Waals surface area contributed by atoms with Crippen LogP contribution in [0.2, 0.25) is 0 Å². The molecule has 0 aliphatic heterocycles. The molecule has 1 aliphatic rings. The maximum Gasteiger partial charge on any atom is 0.341 e. The second kappa shape index (κ2) is 10.1. The van der Waals surface area contributed by atoms with Gasteiger partial charge in [-0.05, 0) is 56.8 Å². The summed E-state index contributed by atoms with van der Waals surface area (Å²) in [6.07, 6.45) is 2.73. The summed E-state index contributed by atoms with van der Waals surface area (Å²) in [5.74, 6) is -0.344. The lowest BCUT2D eigenvalue weighted by atomic mass is 9.88. The lowest BCUT2D eigenvalue weighted by Gasteiger charge is -2.18. The average molecular weight is 444 g/mol. The van der Waals surface area contributed by atoms with Crippen LogP contribution >= 0.6 is 11.3 Å². The summed E-state index contributed by atoms with van der Waals surface area (Å²) in [5.41, 5.74) is 3.30. The molecule has 2 aromatic rings. The summed E-state index contributed by atoms with van der Waals surface area (Å²) in [5, 5.41) is 6.22. The van der Waals surface area contributed by atoms with E-state index in [0.717, 1.165) is 41.0 Å². The maximum absolute atomic E-state index is 12.6. The molecule has 2 amide bonds. The number of hydrogen-bond acceptors (Lipinski definition) is 6. The van der Waals surface area contributed by atoms with Crippen LogP contribution in [-0.2, 0) is 27.2 Å². The van der Waals surface area contributed by atoms with Crippen molar-refractivity contribution < 1.29 is 19.1 Å². The molecule has 1 heterocycles. The van der Waals surface area contributed by atoms with E-state index in [0.29, 0.717) is 16.5 Å². The Labute approximate surface area is 186 Å². The number of carbonyl (C=O) groups is 3. The van der Waals surface area contributed by atoms with Gasteiger partial charge in [0.15, 0.2) is 0 Å². The van der Waals surface area contributed by atoms with Crippen molar-refractivity contribution in [2.24, 2.45) is 5.92 Å². The molecular weight excluding hydrogens is 414 g/mol. The molecule has 2 N–H and O–H groups in total. The molecule has 0 fully saturated rings. The number of benzene rings is 1. The molecule has 0 saturated carbocycles. The smallest absolute Gasteiger partial charge is 0.341 e. The van der Waals surface area contributed by atoms with Gasteiger partial charge >= 0.3 is 5.97 Å². The van der Waals surface area contributed by atoms with Gasteiger partial charge in [0.1, 0.15) is 5.00 Å². The number of anilines is 2. The van der Waals surface area contributed by atoms with E-state index in [1.54, 1.807) is 11.9 Å². The Morgan fingerprint density at radius 1 is 1.13 bits per heavy atom. The topological polar surface area (TPSA) is 87.7 Å². The van der Waals surface area contributed by atoms with Crippen LogP contribution in [0.25, 0.3) is 0 Å². The minimum absolute atomic E-state index is 0.0287. The van der Waals surface area contributed by atoms with Gasteiger partial charge < -0.3 is 15.4 Å². The van der Waals surface area contributed by atoms with Gasteiger partial charge in [-0.2, -0.15) is 0 Å². The third kappa shape index (κ3) is 5.92. The number of hydrogen-bond donors (Lipinski definition) is 2. The first-order valence-electron chi connectivity index (χ1n) is 10.3. The highest BCUT2D eigenvalue weighted by Crippen LogP contribution is 2.40. The molecule has 7 nitrogen and oxygen atoms in total. The van der Waals surface area contributed by atoms with E-state index in [-0.39, 0.29) is 24.9 Å². The van der Waals surface area contributed by atoms with Gasteiger partial charge in [-0.15, -0.1) is 11.3 Å². The largest absolute Gasteiger partial charge is 0.465 e. The van der Waals surface area contributed by atoms with E-state index >= 15 is 0 Å². The van der Waals surface area contributed by atoms with Crippen molar-refractivity contribution in [1.82, 2.24) is 4.90 Å². The number of nitrogens with zero attached hydrogens (tertiary/aromatic N) is 1. The Kier molecular flexibility index (Phi) is 7.46. The average Bonchev–Trinajstić information content (AvgIpc) is 3.05. The van der Waals surface area contributed by atoms with Crippen LogP contribution in [0.3, 0.4) is 0 Å². The molecule has 0 unspecified atom stereocenters. The van der Waals surface area contributed by atoms with Gasteiger partial charge in [-0.25, -0.2) is 4.79 Å². The molecular formula is C23H29N3O4S. The van der Waals surface area contributed by atoms with E-state index in [2.05, 4.69) is 17.6 Å². The lowest BCUT2D eigenvalue weighted by molar-refractivity contribution is -0.119. The highest BCUT2D eigenvalue weighted by atomic mass is 32.1. The number of thiophene rings is 1. The first-order valence-corrected chi connectivity index (χ1v) is 11.2. The summed E-state index contributed by atoms with van der Waals surface area (Å²) in [6.45, 7) is 4.27. The third-order valence-electron chi connectivity index (χ3n) is 5.32. The van der Waals surface area contributed by atoms with Gasteiger partial charge in [0, 0.05) is 10.6 Å². The fraction of sp³-hybridized carbons (Fsp3) is 0.435. The Morgan fingerprint density at radius 3 is 2.42 bits per heavy atom. The van der Waals surface area contributed by atoms with Crippen LogP contribution in [0.5, 0.6) is 0 Å². The van der Waals surface area contributed by atoms with Crippen molar-refractivity contribution in [3.63, 3.8) is 0 Å². The molecule has 1 aromatic heterocycles. The van der Waals surface area contributed by atoms with Gasteiger partial charge in [0.2, 0.25) is 11.8 Å². The second-order valence-corrected chi connectivity index (χ2v) is 9.29. The molecule has 1 aromatic carbocycles. The number of rotatable bonds is 7. The number of amides is 2. The van der Waals surface area contributed by atoms with Gasteiger partial charge in [0.25, 0.3) is 0 Å². The Morgan fingerprint density at radius 2 is 1.77 bits per heavy atom. The molecule has 31 heavy (non-hydrogen) atoms. The van der Waals surface area contributed by atoms with Crippen LogP contribution < -0.4 is 10.6 Å². The summed E-state index contributed by atoms with van der Waals surface area (Å²) >= 11 is 1.45. The normalized spacial score (nSPS) is 15.3. The molecule has 8 heteroatoms. The standard InChI is InChI=1S/C23H29N3O4S/c1-14-5-8-16(9-6-14)24-19(27)12-26(3)13-20(28)25-22-21(23(29)30-4)17-10-7-15(2)11-18(17)31-22/h5-6,8-9,15H,7,10-13H2,1-4H3,(H,24,27)(H,25,28)/t15-/m1/s1. The van der Waals surface area contributed by atoms with Gasteiger partial charge in [0.05, 0.1) is 25.8 Å². The molecule has 3 rings (SSSR count). The minimum Gasteiger partial charge on any atom is -0.465 e. The minimum atomic E-state index is -0.423. The fourth-order valence-electron chi connectivity index (χ4n) is 3.71. The number of likely N-dealkylation sites (N-methyl/N-ethyl adjacent to an activating group) is 1. The summed E-state index contributed by atoms with van der Waals surface area (Å²) < 4.78 is 4.96. The van der Waals surface area contributed by atoms with Crippen LogP contribution in [0, 0.1) is 12.8 Å². The van der Waals surface area contributed by atoms with Crippen LogP contribution in [0.15, 0.2) is 24.3 Å². The molecule has 0 bridgehead atoms. The van der Waals surface area contributed by atoms with E-state index in [9.17, 15) is 14.4 Å². The zero-order valence-corrected chi connectivity index (χ0v) is 19.2. The highest BCUT2D eigenvalue weighted by molar-refractivity contribution is 7.17. The second-order valence-electron chi connectivity index (χ2n) is 8.18. The highest BCUT2D eigenvalue weighted by Gasteiger charge is 2.29. The summed E-state index contributed by atoms with van der Waals surface area (Å²) in [6, 6.07) is 7.53. The molecule has 166 valence electrons. The third-order valence-corrected chi connectivity index (χ3v) is 6.49. The van der Waals surface area contributed by atoms with E-state index in [1.165, 1.54) is 18.4 Å². The molecule has 0 spiro atoms. The van der Waals surface area contributed by atoms with Crippen molar-refractivity contribution in [2.75, 3.05) is 37.9 Å². The van der Waals surface area contributed by atoms with Crippen molar-refractivity contribution in [3.05, 3.63) is 45.8 Å². The molecule has 1 atom stereocenters. The monoisotopic (exact) mass is 443 g/mol. The first kappa shape index (κ1) is 23.0. The predicted octanol–water partition coefficient (Wildman–Crippen LogP) is 3.48. The van der Waals surface area contributed by atoms with Crippen molar-refractivity contribution in [2.45, 2.75) is 33.1 Å². The number of ether oxygens (including phenoxy) is 1. The molecule has 0 saturated heterocycles. The van der Waals surface area contributed by atoms with E-state index < -0.39 is 5.97 Å². The van der Waals surface area contributed by atoms with Gasteiger partial charge in [-0.3, -0.25) is 14.5 Å². The van der Waals surface area contributed by atoms with Crippen molar-refractivity contribution >= 4 is 39.8 Å². The molecule has 0 radical (unpaired) electrons. The first-order chi connectivity index (χ1) is 14.8. The number of methoxy groups -OCH3 is 1. The Balaban J connectivity index is 1.60. The van der Waals surface area contributed by atoms with Crippen LogP contribution in [0.4, 0.5) is 10.7 Å². The number of fused-ring (bicyclic) bond motifs is 1. The van der Waals surface area contributed by atoms with E-state index in [1.807, 2.05) is 31.2 Å². The number of carbonyl (C=O) groups excluding carboxylic acids is 3. The SMILES string of the molecule is COC(=O)c1c(NC(=O)CN(C)CC(=O)Nc2ccc(C)cc2)sc2c1CC[C@@H](C)C2. The van der Waals surface area contributed by atoms with E-state index in [4.69, 9.17) is 4.74 Å². The Hall–Kier alpha value is -2.71. The van der Waals surface area contributed by atoms with Crippen LogP contribution in [0.1, 0.15) is 39.7 Å². The maximum atomic E-state index is 12.6. The predicted molar refractivity (Wildman–Crippen MR) is 123 cm³/mol. The van der Waals surface area contributed by atoms with Gasteiger partial charge in [-0.1, -0.05) is 24.6 Å². The molecule has 1 aliphatic carbocycles. The number of aryl methyl sites for hydroxylation is 1. The lowest BCUT2D eigenvalue weighted by Crippen LogP contribution is -2.36. The van der Waals surface area contributed by atoms with Crippen molar-refractivity contribution in [3.8, 4) is 0 Å². The number of esters is 1. The van der Waals surface area contributed by atoms with Crippen LogP contribution in [-0.4, -0.2) is 49.9 Å². The zero-order chi connectivity index (χ0) is 22.5. The fourth-order valence-corrected chi connectivity index (χ4v) is 5.12. The summed E-state index contributed by atoms with van der Waals surface area (Å²) in [4.78, 5) is 40.0. The number of nitrogens with one attached hydrogen (secondary N) is 2.